The maximum absolute atomic E-state index is 12.1. The van der Waals surface area contributed by atoms with Gasteiger partial charge in [-0.05, 0) is 38.0 Å². The second-order valence-corrected chi connectivity index (χ2v) is 5.02. The number of nitrogens with one attached hydrogen (secondary N) is 2. The van der Waals surface area contributed by atoms with Crippen LogP contribution in [0.4, 0.5) is 5.69 Å². The van der Waals surface area contributed by atoms with Gasteiger partial charge in [0, 0.05) is 6.54 Å². The van der Waals surface area contributed by atoms with Crippen molar-refractivity contribution in [3.05, 3.63) is 50.8 Å². The number of aromatic amines is 1. The number of aryl methyl sites for hydroxylation is 2. The third-order valence-corrected chi connectivity index (χ3v) is 3.30. The minimum absolute atomic E-state index is 0.213. The van der Waals surface area contributed by atoms with Gasteiger partial charge in [0.05, 0.1) is 11.5 Å². The van der Waals surface area contributed by atoms with Crippen molar-refractivity contribution in [2.24, 2.45) is 0 Å². The van der Waals surface area contributed by atoms with E-state index in [1.165, 1.54) is 6.92 Å². The molecule has 0 aliphatic heterocycles. The quantitative estimate of drug-likeness (QED) is 0.627. The van der Waals surface area contributed by atoms with E-state index in [-0.39, 0.29) is 23.6 Å². The van der Waals surface area contributed by atoms with Crippen LogP contribution in [0.1, 0.15) is 34.2 Å². The molecule has 0 unspecified atom stereocenters. The molecule has 0 fully saturated rings. The summed E-state index contributed by atoms with van der Waals surface area (Å²) >= 11 is 0. The molecule has 2 aromatic rings. The fourth-order valence-electron chi connectivity index (χ4n) is 2.21. The number of nitro groups is 1. The van der Waals surface area contributed by atoms with Crippen molar-refractivity contribution in [1.29, 1.82) is 0 Å². The lowest BCUT2D eigenvalue weighted by Gasteiger charge is -2.09. The molecule has 0 spiro atoms. The Morgan fingerprint density at radius 2 is 2.17 bits per heavy atom. The van der Waals surface area contributed by atoms with E-state index < -0.39 is 10.8 Å². The highest BCUT2D eigenvalue weighted by molar-refractivity contribution is 5.96. The van der Waals surface area contributed by atoms with E-state index >= 15 is 0 Å². The molecular formula is C15H18N4O4. The van der Waals surface area contributed by atoms with Crippen LogP contribution in [0.3, 0.4) is 0 Å². The highest BCUT2D eigenvalue weighted by Gasteiger charge is 2.26. The molecule has 23 heavy (non-hydrogen) atoms. The molecule has 0 bridgehead atoms. The Morgan fingerprint density at radius 3 is 2.78 bits per heavy atom. The molecule has 8 heteroatoms. The van der Waals surface area contributed by atoms with Gasteiger partial charge in [-0.15, -0.1) is 0 Å². The smallest absolute Gasteiger partial charge is 0.322 e. The van der Waals surface area contributed by atoms with Crippen LogP contribution >= 0.6 is 0 Å². The van der Waals surface area contributed by atoms with E-state index in [0.29, 0.717) is 6.61 Å². The van der Waals surface area contributed by atoms with Crippen LogP contribution < -0.4 is 10.1 Å². The number of hydrogen-bond acceptors (Lipinski definition) is 5. The Kier molecular flexibility index (Phi) is 4.95. The summed E-state index contributed by atoms with van der Waals surface area (Å²) in [5.41, 5.74) is 1.56. The predicted octanol–water partition coefficient (Wildman–Crippen LogP) is 2.26. The molecule has 0 aliphatic rings. The van der Waals surface area contributed by atoms with Crippen LogP contribution in [0.5, 0.6) is 5.75 Å². The lowest BCUT2D eigenvalue weighted by atomic mass is 10.1. The summed E-state index contributed by atoms with van der Waals surface area (Å²) in [5, 5.41) is 19.8. The predicted molar refractivity (Wildman–Crippen MR) is 83.5 cm³/mol. The summed E-state index contributed by atoms with van der Waals surface area (Å²) in [7, 11) is 0. The molecule has 1 amide bonds. The molecule has 2 N–H and O–H groups in total. The van der Waals surface area contributed by atoms with Crippen LogP contribution in [0.25, 0.3) is 0 Å². The lowest BCUT2D eigenvalue weighted by molar-refractivity contribution is -0.385. The molecule has 1 aromatic heterocycles. The number of carbonyl (C=O) groups is 1. The molecule has 0 saturated carbocycles. The molecule has 1 heterocycles. The molecule has 0 atom stereocenters. The zero-order valence-corrected chi connectivity index (χ0v) is 13.2. The maximum Gasteiger partial charge on any atom is 0.322 e. The first kappa shape index (κ1) is 16.5. The summed E-state index contributed by atoms with van der Waals surface area (Å²) in [4.78, 5) is 22.4. The monoisotopic (exact) mass is 318 g/mol. The lowest BCUT2D eigenvalue weighted by Crippen LogP contribution is -2.24. The number of ether oxygens (including phenoxy) is 1. The number of aromatic nitrogens is 2. The first-order valence-electron chi connectivity index (χ1n) is 7.14. The number of carbonyl (C=O) groups excluding carboxylic acids is 1. The molecule has 0 radical (unpaired) electrons. The topological polar surface area (TPSA) is 110 Å². The van der Waals surface area contributed by atoms with E-state index in [2.05, 4.69) is 15.5 Å². The van der Waals surface area contributed by atoms with Gasteiger partial charge in [0.2, 0.25) is 5.69 Å². The number of benzene rings is 1. The van der Waals surface area contributed by atoms with Crippen molar-refractivity contribution in [3.63, 3.8) is 0 Å². The molecule has 122 valence electrons. The Hall–Kier alpha value is -2.90. The van der Waals surface area contributed by atoms with Crippen LogP contribution in [-0.2, 0) is 6.54 Å². The van der Waals surface area contributed by atoms with Gasteiger partial charge in [0.15, 0.2) is 0 Å². The zero-order chi connectivity index (χ0) is 17.0. The Bertz CT molecular complexity index is 739. The van der Waals surface area contributed by atoms with Gasteiger partial charge in [-0.1, -0.05) is 12.1 Å². The van der Waals surface area contributed by atoms with E-state index in [1.54, 1.807) is 0 Å². The number of hydrogen-bond donors (Lipinski definition) is 2. The van der Waals surface area contributed by atoms with Gasteiger partial charge < -0.3 is 10.1 Å². The molecule has 2 rings (SSSR count). The van der Waals surface area contributed by atoms with Gasteiger partial charge in [0.1, 0.15) is 11.4 Å². The summed E-state index contributed by atoms with van der Waals surface area (Å²) in [6, 6.07) is 5.57. The fraction of sp³-hybridized carbons (Fsp3) is 0.333. The highest BCUT2D eigenvalue weighted by atomic mass is 16.6. The third kappa shape index (κ3) is 3.65. The van der Waals surface area contributed by atoms with Crippen LogP contribution in [0, 0.1) is 24.0 Å². The van der Waals surface area contributed by atoms with Crippen molar-refractivity contribution in [3.8, 4) is 5.75 Å². The fourth-order valence-corrected chi connectivity index (χ4v) is 2.21. The maximum atomic E-state index is 12.1. The first-order valence-corrected chi connectivity index (χ1v) is 7.14. The summed E-state index contributed by atoms with van der Waals surface area (Å²) in [6.07, 6.45) is 0. The minimum Gasteiger partial charge on any atom is -0.494 e. The molecular weight excluding hydrogens is 300 g/mol. The summed E-state index contributed by atoms with van der Waals surface area (Å²) in [6.45, 7) is 6.15. The average Bonchev–Trinajstić information content (AvgIpc) is 2.89. The third-order valence-electron chi connectivity index (χ3n) is 3.30. The zero-order valence-electron chi connectivity index (χ0n) is 13.2. The average molecular weight is 318 g/mol. The standard InChI is InChI=1S/C15H18N4O4/c1-4-23-12-6-5-11(7-9(12)2)8-16-15(20)13-14(19(21)22)10(3)17-18-13/h5-7H,4,8H2,1-3H3,(H,16,20)(H,17,18). The van der Waals surface area contributed by atoms with Crippen molar-refractivity contribution >= 4 is 11.6 Å². The van der Waals surface area contributed by atoms with Gasteiger partial charge in [0.25, 0.3) is 5.91 Å². The second kappa shape index (κ2) is 6.91. The number of amides is 1. The van der Waals surface area contributed by atoms with Gasteiger partial charge in [-0.25, -0.2) is 0 Å². The normalized spacial score (nSPS) is 10.4. The van der Waals surface area contributed by atoms with Gasteiger partial charge in [-0.2, -0.15) is 5.10 Å². The highest BCUT2D eigenvalue weighted by Crippen LogP contribution is 2.21. The first-order chi connectivity index (χ1) is 10.9. The van der Waals surface area contributed by atoms with Crippen LogP contribution in [0.15, 0.2) is 18.2 Å². The molecule has 1 aromatic carbocycles. The van der Waals surface area contributed by atoms with E-state index in [9.17, 15) is 14.9 Å². The summed E-state index contributed by atoms with van der Waals surface area (Å²) in [5.74, 6) is 0.203. The van der Waals surface area contributed by atoms with Crippen molar-refractivity contribution in [2.75, 3.05) is 6.61 Å². The second-order valence-electron chi connectivity index (χ2n) is 5.02. The van der Waals surface area contributed by atoms with Crippen molar-refractivity contribution in [1.82, 2.24) is 15.5 Å². The minimum atomic E-state index is -0.616. The largest absolute Gasteiger partial charge is 0.494 e. The van der Waals surface area contributed by atoms with E-state index in [1.807, 2.05) is 32.0 Å². The molecule has 8 nitrogen and oxygen atoms in total. The van der Waals surface area contributed by atoms with Crippen LogP contribution in [-0.4, -0.2) is 27.6 Å². The molecule has 0 saturated heterocycles. The van der Waals surface area contributed by atoms with Crippen molar-refractivity contribution in [2.45, 2.75) is 27.3 Å². The molecule has 0 aliphatic carbocycles. The Labute approximate surface area is 133 Å². The Balaban J connectivity index is 2.08. The number of H-pyrrole nitrogens is 1. The Morgan fingerprint density at radius 1 is 1.43 bits per heavy atom. The number of rotatable bonds is 6. The SMILES string of the molecule is CCOc1ccc(CNC(=O)c2n[nH]c(C)c2[N+](=O)[O-])cc1C. The summed E-state index contributed by atoms with van der Waals surface area (Å²) < 4.78 is 5.45. The number of nitrogens with zero attached hydrogens (tertiary/aromatic N) is 2. The van der Waals surface area contributed by atoms with Crippen molar-refractivity contribution < 1.29 is 14.5 Å². The van der Waals surface area contributed by atoms with Crippen LogP contribution in [0.2, 0.25) is 0 Å². The van der Waals surface area contributed by atoms with Gasteiger partial charge in [-0.3, -0.25) is 20.0 Å². The van der Waals surface area contributed by atoms with E-state index in [0.717, 1.165) is 16.9 Å². The van der Waals surface area contributed by atoms with Gasteiger partial charge >= 0.3 is 5.69 Å². The van der Waals surface area contributed by atoms with E-state index in [4.69, 9.17) is 4.74 Å².